The molecular weight excluding hydrogens is 450 g/mol. The van der Waals surface area contributed by atoms with Crippen molar-refractivity contribution in [3.8, 4) is 5.75 Å². The largest absolute Gasteiger partial charge is 0.492 e. The third-order valence-corrected chi connectivity index (χ3v) is 8.06. The summed E-state index contributed by atoms with van der Waals surface area (Å²) in [6.45, 7) is 3.64. The van der Waals surface area contributed by atoms with E-state index in [1.54, 1.807) is 18.2 Å². The molecule has 1 fully saturated rings. The molecule has 0 radical (unpaired) electrons. The maximum atomic E-state index is 14.1. The van der Waals surface area contributed by atoms with Gasteiger partial charge in [-0.3, -0.25) is 14.4 Å². The molecule has 5 nitrogen and oxygen atoms in total. The Morgan fingerprint density at radius 1 is 0.971 bits per heavy atom. The quantitative estimate of drug-likeness (QED) is 0.304. The van der Waals surface area contributed by atoms with Crippen LogP contribution in [0.1, 0.15) is 52.4 Å². The van der Waals surface area contributed by atoms with Crippen LogP contribution < -0.4 is 9.64 Å². The van der Waals surface area contributed by atoms with Crippen molar-refractivity contribution < 1.29 is 19.1 Å². The van der Waals surface area contributed by atoms with E-state index in [-0.39, 0.29) is 23.5 Å². The number of alkyl halides is 1. The number of halogens is 1. The van der Waals surface area contributed by atoms with Gasteiger partial charge >= 0.3 is 0 Å². The number of Topliss-reactive ketones (excluding diaryl/α,β-unsaturated/α-hetero) is 1. The van der Waals surface area contributed by atoms with Crippen molar-refractivity contribution in [2.24, 2.45) is 11.8 Å². The van der Waals surface area contributed by atoms with Crippen LogP contribution in [0.2, 0.25) is 0 Å². The molecule has 0 unspecified atom stereocenters. The number of nitrogens with zero attached hydrogens (tertiary/aromatic N) is 1. The summed E-state index contributed by atoms with van der Waals surface area (Å²) in [7, 11) is 0. The summed E-state index contributed by atoms with van der Waals surface area (Å²) >= 11 is 7.47. The van der Waals surface area contributed by atoms with E-state index in [1.807, 2.05) is 55.5 Å². The van der Waals surface area contributed by atoms with Gasteiger partial charge in [-0.15, -0.1) is 11.6 Å². The Balaban J connectivity index is 1.58. The zero-order valence-electron chi connectivity index (χ0n) is 18.7. The van der Waals surface area contributed by atoms with Crippen LogP contribution in [0, 0.1) is 11.8 Å². The molecular formula is C28H22ClNO4. The van der Waals surface area contributed by atoms with E-state index in [0.29, 0.717) is 23.6 Å². The van der Waals surface area contributed by atoms with Gasteiger partial charge in [0.05, 0.1) is 24.1 Å². The highest BCUT2D eigenvalue weighted by molar-refractivity contribution is 6.33. The van der Waals surface area contributed by atoms with Gasteiger partial charge in [0.15, 0.2) is 5.78 Å². The van der Waals surface area contributed by atoms with Gasteiger partial charge in [0.2, 0.25) is 11.8 Å². The molecule has 3 aromatic rings. The number of carbonyl (C=O) groups excluding carboxylic acids is 3. The molecule has 34 heavy (non-hydrogen) atoms. The van der Waals surface area contributed by atoms with Crippen LogP contribution in [-0.2, 0) is 14.5 Å². The van der Waals surface area contributed by atoms with E-state index in [2.05, 4.69) is 0 Å². The number of benzene rings is 3. The zero-order chi connectivity index (χ0) is 23.8. The van der Waals surface area contributed by atoms with Gasteiger partial charge in [0.25, 0.3) is 0 Å². The monoisotopic (exact) mass is 471 g/mol. The lowest BCUT2D eigenvalue weighted by Gasteiger charge is -2.50. The summed E-state index contributed by atoms with van der Waals surface area (Å²) in [5, 5.41) is 0. The van der Waals surface area contributed by atoms with E-state index in [1.165, 1.54) is 11.8 Å². The third kappa shape index (κ3) is 2.53. The lowest BCUT2D eigenvalue weighted by atomic mass is 9.54. The highest BCUT2D eigenvalue weighted by Crippen LogP contribution is 2.66. The Kier molecular flexibility index (Phi) is 4.52. The maximum absolute atomic E-state index is 14.1. The van der Waals surface area contributed by atoms with Crippen molar-refractivity contribution in [3.05, 3.63) is 94.5 Å². The molecule has 0 spiro atoms. The molecule has 0 saturated carbocycles. The van der Waals surface area contributed by atoms with Crippen molar-refractivity contribution in [1.29, 1.82) is 0 Å². The first-order valence-corrected chi connectivity index (χ1v) is 11.8. The second-order valence-corrected chi connectivity index (χ2v) is 9.65. The highest BCUT2D eigenvalue weighted by atomic mass is 35.5. The van der Waals surface area contributed by atoms with Crippen LogP contribution in [0.4, 0.5) is 5.69 Å². The minimum absolute atomic E-state index is 0.158. The minimum Gasteiger partial charge on any atom is -0.492 e. The van der Waals surface area contributed by atoms with Crippen LogP contribution in [0.5, 0.6) is 5.75 Å². The van der Waals surface area contributed by atoms with Crippen molar-refractivity contribution in [1.82, 2.24) is 0 Å². The SMILES string of the molecule is CCOc1ccc(C(C)=O)cc1N1C(=O)[C@@H]2C3c4ccccc4C(Cl)(c4ccccc43)[C@@H]2C1=O. The first kappa shape index (κ1) is 21.1. The predicted octanol–water partition coefficient (Wildman–Crippen LogP) is 5.04. The number of ketones is 1. The summed E-state index contributed by atoms with van der Waals surface area (Å²) < 4.78 is 5.76. The van der Waals surface area contributed by atoms with Crippen LogP contribution in [-0.4, -0.2) is 24.2 Å². The van der Waals surface area contributed by atoms with Crippen LogP contribution in [0.3, 0.4) is 0 Å². The standard InChI is InChI=1S/C28H22ClNO4/c1-3-34-22-13-12-16(15(2)31)14-21(22)30-26(32)24-23-17-8-4-6-10-19(17)28(29,25(24)27(30)33)20-11-7-5-9-18(20)23/h4-14,23-25H,3H2,1-2H3/t23?,24-,25+,28?/m1/s1. The van der Waals surface area contributed by atoms with Crippen molar-refractivity contribution in [2.45, 2.75) is 24.6 Å². The van der Waals surface area contributed by atoms with Crippen molar-refractivity contribution in [3.63, 3.8) is 0 Å². The number of ether oxygens (including phenoxy) is 1. The third-order valence-electron chi connectivity index (χ3n) is 7.42. The number of amides is 2. The number of rotatable bonds is 4. The Labute approximate surface area is 202 Å². The molecule has 3 aliphatic carbocycles. The van der Waals surface area contributed by atoms with E-state index in [9.17, 15) is 14.4 Å². The lowest BCUT2D eigenvalue weighted by molar-refractivity contribution is -0.122. The summed E-state index contributed by atoms with van der Waals surface area (Å²) in [6, 6.07) is 20.5. The summed E-state index contributed by atoms with van der Waals surface area (Å²) in [5.74, 6) is -2.10. The Hall–Kier alpha value is -3.44. The average molecular weight is 472 g/mol. The van der Waals surface area contributed by atoms with Crippen LogP contribution in [0.25, 0.3) is 0 Å². The molecule has 1 heterocycles. The number of carbonyl (C=O) groups is 3. The van der Waals surface area contributed by atoms with Gasteiger partial charge in [-0.2, -0.15) is 0 Å². The van der Waals surface area contributed by atoms with Gasteiger partial charge in [-0.25, -0.2) is 4.90 Å². The summed E-state index contributed by atoms with van der Waals surface area (Å²) in [6.07, 6.45) is 0. The molecule has 0 aromatic heterocycles. The van der Waals surface area contributed by atoms with E-state index >= 15 is 0 Å². The maximum Gasteiger partial charge on any atom is 0.240 e. The molecule has 2 amide bonds. The fourth-order valence-electron chi connectivity index (χ4n) is 6.11. The first-order valence-electron chi connectivity index (χ1n) is 11.4. The fourth-order valence-corrected chi connectivity index (χ4v) is 6.68. The first-order chi connectivity index (χ1) is 16.4. The molecule has 2 atom stereocenters. The van der Waals surface area contributed by atoms with Crippen molar-refractivity contribution in [2.75, 3.05) is 11.5 Å². The predicted molar refractivity (Wildman–Crippen MR) is 128 cm³/mol. The second kappa shape index (κ2) is 7.28. The Morgan fingerprint density at radius 2 is 1.59 bits per heavy atom. The topological polar surface area (TPSA) is 63.7 Å². The van der Waals surface area contributed by atoms with Gasteiger partial charge in [0.1, 0.15) is 10.6 Å². The lowest BCUT2D eigenvalue weighted by Crippen LogP contribution is -2.50. The van der Waals surface area contributed by atoms with Crippen LogP contribution in [0.15, 0.2) is 66.7 Å². The summed E-state index contributed by atoms with van der Waals surface area (Å²) in [5.41, 5.74) is 4.45. The molecule has 3 aromatic carbocycles. The van der Waals surface area contributed by atoms with Gasteiger partial charge in [-0.05, 0) is 54.3 Å². The Morgan fingerprint density at radius 3 is 2.18 bits per heavy atom. The molecule has 2 bridgehead atoms. The summed E-state index contributed by atoms with van der Waals surface area (Å²) in [4.78, 5) is 40.3. The minimum atomic E-state index is -1.15. The smallest absolute Gasteiger partial charge is 0.240 e. The molecule has 0 N–H and O–H groups in total. The van der Waals surface area contributed by atoms with Gasteiger partial charge in [-0.1, -0.05) is 48.5 Å². The van der Waals surface area contributed by atoms with E-state index in [0.717, 1.165) is 22.3 Å². The normalized spacial score (nSPS) is 26.2. The molecule has 6 heteroatoms. The number of hydrogen-bond donors (Lipinski definition) is 0. The molecule has 1 saturated heterocycles. The number of imide groups is 1. The van der Waals surface area contributed by atoms with Crippen LogP contribution >= 0.6 is 11.6 Å². The van der Waals surface area contributed by atoms with E-state index < -0.39 is 16.7 Å². The number of anilines is 1. The highest BCUT2D eigenvalue weighted by Gasteiger charge is 2.68. The molecule has 1 aliphatic heterocycles. The average Bonchev–Trinajstić information content (AvgIpc) is 3.11. The van der Waals surface area contributed by atoms with Gasteiger partial charge in [0, 0.05) is 11.5 Å². The fraction of sp³-hybridized carbons (Fsp3) is 0.250. The van der Waals surface area contributed by atoms with E-state index in [4.69, 9.17) is 16.3 Å². The Bertz CT molecular complexity index is 1350. The number of hydrogen-bond acceptors (Lipinski definition) is 4. The molecule has 4 aliphatic rings. The molecule has 170 valence electrons. The van der Waals surface area contributed by atoms with Crippen molar-refractivity contribution >= 4 is 34.9 Å². The van der Waals surface area contributed by atoms with Gasteiger partial charge < -0.3 is 4.74 Å². The second-order valence-electron chi connectivity index (χ2n) is 9.05. The zero-order valence-corrected chi connectivity index (χ0v) is 19.5. The molecule has 7 rings (SSSR count).